The second kappa shape index (κ2) is 11.5. The first-order valence-electron chi connectivity index (χ1n) is 6.51. The number of hydrogen-bond acceptors (Lipinski definition) is 4. The summed E-state index contributed by atoms with van der Waals surface area (Å²) >= 11 is 0. The van der Waals surface area contributed by atoms with Crippen LogP contribution in [0.5, 0.6) is 0 Å². The van der Waals surface area contributed by atoms with E-state index in [-0.39, 0.29) is 23.9 Å². The van der Waals surface area contributed by atoms with Gasteiger partial charge in [-0.05, 0) is 19.3 Å². The number of halogens is 1. The van der Waals surface area contributed by atoms with Gasteiger partial charge in [0.05, 0.1) is 19.8 Å². The van der Waals surface area contributed by atoms with E-state index >= 15 is 0 Å². The molecule has 0 aromatic carbocycles. The molecule has 116 valence electrons. The molecule has 19 heavy (non-hydrogen) atoms. The molecule has 0 aromatic heterocycles. The second-order valence-electron chi connectivity index (χ2n) is 5.27. The number of ether oxygens (including phenoxy) is 2. The van der Waals surface area contributed by atoms with Gasteiger partial charge in [0.2, 0.25) is 5.91 Å². The molecule has 0 fully saturated rings. The zero-order chi connectivity index (χ0) is 14.0. The van der Waals surface area contributed by atoms with Crippen molar-refractivity contribution in [2.45, 2.75) is 39.2 Å². The molecule has 1 amide bonds. The molecule has 0 rings (SSSR count). The second-order valence-corrected chi connectivity index (χ2v) is 5.27. The summed E-state index contributed by atoms with van der Waals surface area (Å²) in [5.41, 5.74) is 5.41. The third kappa shape index (κ3) is 11.2. The number of rotatable bonds is 10. The van der Waals surface area contributed by atoms with Gasteiger partial charge in [-0.25, -0.2) is 0 Å². The maximum atomic E-state index is 11.8. The highest BCUT2D eigenvalue weighted by Crippen LogP contribution is 2.15. The van der Waals surface area contributed by atoms with Crippen LogP contribution in [0, 0.1) is 5.92 Å². The monoisotopic (exact) mass is 296 g/mol. The molecular formula is C13H29ClN2O3. The molecule has 0 aliphatic rings. The molecule has 6 heteroatoms. The Hall–Kier alpha value is -0.360. The van der Waals surface area contributed by atoms with E-state index < -0.39 is 0 Å². The number of nitrogens with one attached hydrogen (secondary N) is 1. The van der Waals surface area contributed by atoms with Gasteiger partial charge in [0.25, 0.3) is 0 Å². The minimum atomic E-state index is -0.322. The topological polar surface area (TPSA) is 73.6 Å². The molecule has 0 aromatic rings. The summed E-state index contributed by atoms with van der Waals surface area (Å²) in [5.74, 6) is 0.484. The summed E-state index contributed by atoms with van der Waals surface area (Å²) in [6, 6.07) is 0. The molecule has 0 bridgehead atoms. The standard InChI is InChI=1S/C13H28N2O3.ClH/c1-11(2)9-13(3,10-14)15-12(16)5-6-18-8-7-17-4;/h11H,5-10,14H2,1-4H3,(H,15,16);1H. The lowest BCUT2D eigenvalue weighted by atomic mass is 9.90. The van der Waals surface area contributed by atoms with E-state index in [4.69, 9.17) is 15.2 Å². The van der Waals surface area contributed by atoms with Gasteiger partial charge in [0.15, 0.2) is 0 Å². The molecule has 0 spiro atoms. The minimum Gasteiger partial charge on any atom is -0.382 e. The molecule has 0 radical (unpaired) electrons. The number of carbonyl (C=O) groups excluding carboxylic acids is 1. The summed E-state index contributed by atoms with van der Waals surface area (Å²) in [6.07, 6.45) is 1.23. The quantitative estimate of drug-likeness (QED) is 0.597. The summed E-state index contributed by atoms with van der Waals surface area (Å²) in [5, 5.41) is 2.99. The number of hydrogen-bond donors (Lipinski definition) is 2. The fourth-order valence-electron chi connectivity index (χ4n) is 1.89. The average molecular weight is 297 g/mol. The van der Waals surface area contributed by atoms with Gasteiger partial charge >= 0.3 is 0 Å². The van der Waals surface area contributed by atoms with Gasteiger partial charge in [-0.1, -0.05) is 13.8 Å². The van der Waals surface area contributed by atoms with E-state index in [2.05, 4.69) is 19.2 Å². The molecule has 3 N–H and O–H groups in total. The maximum Gasteiger partial charge on any atom is 0.222 e. The van der Waals surface area contributed by atoms with Gasteiger partial charge in [-0.3, -0.25) is 4.79 Å². The Bertz CT molecular complexity index is 240. The molecule has 0 saturated heterocycles. The van der Waals surface area contributed by atoms with Crippen molar-refractivity contribution in [1.29, 1.82) is 0 Å². The zero-order valence-corrected chi connectivity index (χ0v) is 13.3. The average Bonchev–Trinajstić information content (AvgIpc) is 2.27. The van der Waals surface area contributed by atoms with Crippen LogP contribution in [0.25, 0.3) is 0 Å². The van der Waals surface area contributed by atoms with Crippen molar-refractivity contribution >= 4 is 18.3 Å². The number of carbonyl (C=O) groups is 1. The first kappa shape index (κ1) is 20.9. The van der Waals surface area contributed by atoms with E-state index in [1.807, 2.05) is 6.92 Å². The molecule has 5 nitrogen and oxygen atoms in total. The Morgan fingerprint density at radius 2 is 1.95 bits per heavy atom. The van der Waals surface area contributed by atoms with Crippen molar-refractivity contribution < 1.29 is 14.3 Å². The van der Waals surface area contributed by atoms with Crippen LogP contribution in [0.1, 0.15) is 33.6 Å². The van der Waals surface area contributed by atoms with E-state index in [1.54, 1.807) is 7.11 Å². The lowest BCUT2D eigenvalue weighted by Crippen LogP contribution is -2.52. The van der Waals surface area contributed by atoms with Crippen LogP contribution in [0.15, 0.2) is 0 Å². The Morgan fingerprint density at radius 3 is 2.42 bits per heavy atom. The highest BCUT2D eigenvalue weighted by Gasteiger charge is 2.25. The number of methoxy groups -OCH3 is 1. The summed E-state index contributed by atoms with van der Waals surface area (Å²) in [7, 11) is 1.62. The van der Waals surface area contributed by atoms with Crippen molar-refractivity contribution in [2.24, 2.45) is 11.7 Å². The highest BCUT2D eigenvalue weighted by atomic mass is 35.5. The molecule has 0 aliphatic heterocycles. The molecule has 1 unspecified atom stereocenters. The van der Waals surface area contributed by atoms with Crippen LogP contribution >= 0.6 is 12.4 Å². The van der Waals surface area contributed by atoms with E-state index in [9.17, 15) is 4.79 Å². The fraction of sp³-hybridized carbons (Fsp3) is 0.923. The fourth-order valence-corrected chi connectivity index (χ4v) is 1.89. The van der Waals surface area contributed by atoms with Gasteiger partial charge in [0.1, 0.15) is 0 Å². The van der Waals surface area contributed by atoms with Crippen molar-refractivity contribution in [3.8, 4) is 0 Å². The largest absolute Gasteiger partial charge is 0.382 e. The van der Waals surface area contributed by atoms with Gasteiger partial charge in [-0.2, -0.15) is 0 Å². The van der Waals surface area contributed by atoms with Crippen molar-refractivity contribution in [2.75, 3.05) is 33.5 Å². The van der Waals surface area contributed by atoms with Gasteiger partial charge in [-0.15, -0.1) is 12.4 Å². The Balaban J connectivity index is 0. The number of amides is 1. The van der Waals surface area contributed by atoms with Crippen LogP contribution in [0.2, 0.25) is 0 Å². The Labute approximate surface area is 123 Å². The van der Waals surface area contributed by atoms with Gasteiger partial charge < -0.3 is 20.5 Å². The van der Waals surface area contributed by atoms with Gasteiger partial charge in [0, 0.05) is 25.6 Å². The van der Waals surface area contributed by atoms with Crippen LogP contribution in [-0.4, -0.2) is 44.9 Å². The van der Waals surface area contributed by atoms with Crippen LogP contribution in [0.3, 0.4) is 0 Å². The molecular weight excluding hydrogens is 268 g/mol. The first-order valence-corrected chi connectivity index (χ1v) is 6.51. The molecule has 0 heterocycles. The van der Waals surface area contributed by atoms with Crippen molar-refractivity contribution in [3.05, 3.63) is 0 Å². The Morgan fingerprint density at radius 1 is 1.32 bits per heavy atom. The third-order valence-corrected chi connectivity index (χ3v) is 2.66. The van der Waals surface area contributed by atoms with E-state index in [0.29, 0.717) is 38.7 Å². The molecule has 0 aliphatic carbocycles. The van der Waals surface area contributed by atoms with E-state index in [1.165, 1.54) is 0 Å². The Kier molecular flexibility index (Phi) is 12.6. The van der Waals surface area contributed by atoms with Crippen LogP contribution in [-0.2, 0) is 14.3 Å². The summed E-state index contributed by atoms with van der Waals surface area (Å²) in [6.45, 7) is 8.15. The SMILES string of the molecule is COCCOCCC(=O)NC(C)(CN)CC(C)C.Cl. The minimum absolute atomic E-state index is 0. The van der Waals surface area contributed by atoms with Crippen molar-refractivity contribution in [1.82, 2.24) is 5.32 Å². The lowest BCUT2D eigenvalue weighted by molar-refractivity contribution is -0.124. The zero-order valence-electron chi connectivity index (χ0n) is 12.5. The summed E-state index contributed by atoms with van der Waals surface area (Å²) in [4.78, 5) is 11.8. The van der Waals surface area contributed by atoms with Crippen molar-refractivity contribution in [3.63, 3.8) is 0 Å². The maximum absolute atomic E-state index is 11.8. The predicted molar refractivity (Wildman–Crippen MR) is 79.6 cm³/mol. The van der Waals surface area contributed by atoms with E-state index in [0.717, 1.165) is 6.42 Å². The molecule has 0 saturated carbocycles. The third-order valence-electron chi connectivity index (χ3n) is 2.66. The lowest BCUT2D eigenvalue weighted by Gasteiger charge is -2.31. The first-order chi connectivity index (χ1) is 8.43. The summed E-state index contributed by atoms with van der Waals surface area (Å²) < 4.78 is 10.1. The number of nitrogens with two attached hydrogens (primary N) is 1. The predicted octanol–water partition coefficient (Wildman–Crippen LogP) is 1.34. The highest BCUT2D eigenvalue weighted by molar-refractivity contribution is 5.85. The van der Waals surface area contributed by atoms with Crippen LogP contribution in [0.4, 0.5) is 0 Å². The molecule has 1 atom stereocenters. The smallest absolute Gasteiger partial charge is 0.222 e. The van der Waals surface area contributed by atoms with Crippen LogP contribution < -0.4 is 11.1 Å². The normalized spacial score (nSPS) is 13.8.